The Hall–Kier alpha value is -2.18. The number of thioether (sulfide) groups is 1. The van der Waals surface area contributed by atoms with Gasteiger partial charge in [0.25, 0.3) is 0 Å². The number of aryl methyl sites for hydroxylation is 2. The second kappa shape index (κ2) is 6.31. The van der Waals surface area contributed by atoms with Crippen molar-refractivity contribution in [2.45, 2.75) is 18.7 Å². The van der Waals surface area contributed by atoms with Crippen molar-refractivity contribution >= 4 is 17.5 Å². The largest absolute Gasteiger partial charge is 0.402 e. The molecule has 0 bridgehead atoms. The summed E-state index contributed by atoms with van der Waals surface area (Å²) in [5.41, 5.74) is 9.82. The van der Waals surface area contributed by atoms with Crippen LogP contribution in [0.4, 0.5) is 0 Å². The molecule has 2 aromatic carbocycles. The van der Waals surface area contributed by atoms with Crippen LogP contribution in [0, 0.1) is 20.4 Å². The predicted octanol–water partition coefficient (Wildman–Crippen LogP) is 4.60. The van der Waals surface area contributed by atoms with E-state index >= 15 is 0 Å². The summed E-state index contributed by atoms with van der Waals surface area (Å²) >= 11 is 1.43. The van der Waals surface area contributed by atoms with Gasteiger partial charge >= 0.3 is 0 Å². The predicted molar refractivity (Wildman–Crippen MR) is 85.9 cm³/mol. The van der Waals surface area contributed by atoms with Gasteiger partial charge in [-0.3, -0.25) is 0 Å². The van der Waals surface area contributed by atoms with Crippen LogP contribution in [0.2, 0.25) is 0 Å². The number of hydrogen-bond acceptors (Lipinski definition) is 2. The monoisotopic (exact) mass is 280 g/mol. The Bertz CT molecular complexity index is 679. The minimum Gasteiger partial charge on any atom is -0.402 e. The molecule has 0 aliphatic heterocycles. The summed E-state index contributed by atoms with van der Waals surface area (Å²) in [5, 5.41) is 0.540. The maximum atomic E-state index is 7.40. The summed E-state index contributed by atoms with van der Waals surface area (Å²) in [6.45, 7) is 11.4. The standard InChI is InChI=1S/C17H16N2S/c1-12-8-10-14(11-9-12)20-17(18)16(19-3)15-7-5-4-6-13(15)2/h4-11H,18H2,1-2H3/b17-16-. The molecule has 3 heteroatoms. The molecule has 0 unspecified atom stereocenters. The average molecular weight is 280 g/mol. The van der Waals surface area contributed by atoms with E-state index in [4.69, 9.17) is 12.3 Å². The molecule has 2 N–H and O–H groups in total. The van der Waals surface area contributed by atoms with Gasteiger partial charge in [0.15, 0.2) is 0 Å². The molecule has 0 aromatic heterocycles. The number of nitrogens with two attached hydrogens (primary N) is 1. The molecule has 2 aromatic rings. The summed E-state index contributed by atoms with van der Waals surface area (Å²) in [6, 6.07) is 15.9. The third-order valence-corrected chi connectivity index (χ3v) is 3.92. The molecule has 2 rings (SSSR count). The molecule has 0 heterocycles. The molecular formula is C17H16N2S. The van der Waals surface area contributed by atoms with Crippen molar-refractivity contribution in [2.75, 3.05) is 0 Å². The van der Waals surface area contributed by atoms with Gasteiger partial charge in [0, 0.05) is 4.90 Å². The second-order valence-corrected chi connectivity index (χ2v) is 5.67. The van der Waals surface area contributed by atoms with Crippen molar-refractivity contribution in [3.05, 3.63) is 81.7 Å². The lowest BCUT2D eigenvalue weighted by Crippen LogP contribution is -1.97. The highest BCUT2D eigenvalue weighted by molar-refractivity contribution is 8.03. The first-order valence-corrected chi connectivity index (χ1v) is 7.11. The van der Waals surface area contributed by atoms with Gasteiger partial charge in [-0.15, -0.1) is 0 Å². The van der Waals surface area contributed by atoms with Gasteiger partial charge in [0.2, 0.25) is 5.70 Å². The maximum absolute atomic E-state index is 7.40. The Morgan fingerprint density at radius 1 is 1.05 bits per heavy atom. The summed E-state index contributed by atoms with van der Waals surface area (Å²) in [4.78, 5) is 4.66. The van der Waals surface area contributed by atoms with E-state index in [0.717, 1.165) is 16.0 Å². The third kappa shape index (κ3) is 3.23. The molecule has 100 valence electrons. The number of nitrogens with zero attached hydrogens (tertiary/aromatic N) is 1. The zero-order valence-electron chi connectivity index (χ0n) is 11.6. The van der Waals surface area contributed by atoms with Gasteiger partial charge in [-0.2, -0.15) is 0 Å². The van der Waals surface area contributed by atoms with Gasteiger partial charge < -0.3 is 5.73 Å². The van der Waals surface area contributed by atoms with E-state index in [2.05, 4.69) is 4.85 Å². The Morgan fingerprint density at radius 2 is 1.70 bits per heavy atom. The van der Waals surface area contributed by atoms with Crippen molar-refractivity contribution in [2.24, 2.45) is 5.73 Å². The van der Waals surface area contributed by atoms with Crippen molar-refractivity contribution in [3.63, 3.8) is 0 Å². The van der Waals surface area contributed by atoms with Gasteiger partial charge in [-0.05, 0) is 31.5 Å². The van der Waals surface area contributed by atoms with E-state index in [1.54, 1.807) is 0 Å². The fourth-order valence-electron chi connectivity index (χ4n) is 1.87. The van der Waals surface area contributed by atoms with Crippen LogP contribution in [0.5, 0.6) is 0 Å². The van der Waals surface area contributed by atoms with E-state index in [0.29, 0.717) is 10.7 Å². The highest BCUT2D eigenvalue weighted by atomic mass is 32.2. The topological polar surface area (TPSA) is 30.4 Å². The molecule has 0 atom stereocenters. The van der Waals surface area contributed by atoms with Crippen LogP contribution < -0.4 is 5.73 Å². The van der Waals surface area contributed by atoms with Crippen molar-refractivity contribution in [1.82, 2.24) is 0 Å². The SMILES string of the molecule is [C-]#[N+]/C(=C(/N)Sc1ccc(C)cc1)c1ccccc1C. The van der Waals surface area contributed by atoms with Crippen LogP contribution in [0.1, 0.15) is 16.7 Å². The molecular weight excluding hydrogens is 264 g/mol. The molecule has 0 saturated heterocycles. The Labute approximate surface area is 124 Å². The van der Waals surface area contributed by atoms with Crippen LogP contribution in [-0.2, 0) is 0 Å². The first kappa shape index (κ1) is 14.2. The minimum atomic E-state index is 0.522. The molecule has 0 radical (unpaired) electrons. The maximum Gasteiger partial charge on any atom is 0.223 e. The van der Waals surface area contributed by atoms with E-state index in [9.17, 15) is 0 Å². The molecule has 0 saturated carbocycles. The van der Waals surface area contributed by atoms with Crippen LogP contribution in [0.15, 0.2) is 58.5 Å². The molecule has 0 amide bonds. The summed E-state index contributed by atoms with van der Waals surface area (Å²) in [6.07, 6.45) is 0. The van der Waals surface area contributed by atoms with Crippen LogP contribution in [-0.4, -0.2) is 0 Å². The summed E-state index contributed by atoms with van der Waals surface area (Å²) in [7, 11) is 0. The Morgan fingerprint density at radius 3 is 2.30 bits per heavy atom. The molecule has 20 heavy (non-hydrogen) atoms. The highest BCUT2D eigenvalue weighted by Crippen LogP contribution is 2.31. The van der Waals surface area contributed by atoms with E-state index < -0.39 is 0 Å². The average Bonchev–Trinajstić information content (AvgIpc) is 2.44. The highest BCUT2D eigenvalue weighted by Gasteiger charge is 2.10. The van der Waals surface area contributed by atoms with Crippen molar-refractivity contribution < 1.29 is 0 Å². The van der Waals surface area contributed by atoms with E-state index in [1.807, 2.05) is 62.4 Å². The fourth-order valence-corrected chi connectivity index (χ4v) is 2.65. The van der Waals surface area contributed by atoms with Gasteiger partial charge in [0.1, 0.15) is 0 Å². The van der Waals surface area contributed by atoms with Crippen molar-refractivity contribution in [1.29, 1.82) is 0 Å². The molecule has 0 aliphatic rings. The van der Waals surface area contributed by atoms with Crippen LogP contribution >= 0.6 is 11.8 Å². The van der Waals surface area contributed by atoms with Gasteiger partial charge in [-0.25, -0.2) is 4.85 Å². The fraction of sp³-hybridized carbons (Fsp3) is 0.118. The van der Waals surface area contributed by atoms with Crippen LogP contribution in [0.25, 0.3) is 10.5 Å². The number of benzene rings is 2. The normalized spacial score (nSPS) is 11.7. The zero-order chi connectivity index (χ0) is 14.5. The van der Waals surface area contributed by atoms with E-state index in [1.165, 1.54) is 17.3 Å². The zero-order valence-corrected chi connectivity index (χ0v) is 12.4. The number of rotatable bonds is 3. The first-order chi connectivity index (χ1) is 9.61. The van der Waals surface area contributed by atoms with Crippen LogP contribution in [0.3, 0.4) is 0 Å². The van der Waals surface area contributed by atoms with Crippen molar-refractivity contribution in [3.8, 4) is 0 Å². The first-order valence-electron chi connectivity index (χ1n) is 6.29. The minimum absolute atomic E-state index is 0.522. The second-order valence-electron chi connectivity index (χ2n) is 4.55. The molecule has 2 nitrogen and oxygen atoms in total. The summed E-state index contributed by atoms with van der Waals surface area (Å²) < 4.78 is 0. The lowest BCUT2D eigenvalue weighted by atomic mass is 10.1. The Kier molecular flexibility index (Phi) is 4.49. The third-order valence-electron chi connectivity index (χ3n) is 2.99. The quantitative estimate of drug-likeness (QED) is 0.658. The summed E-state index contributed by atoms with van der Waals surface area (Å²) in [5.74, 6) is 0. The van der Waals surface area contributed by atoms with Gasteiger partial charge in [0.05, 0.1) is 11.6 Å². The molecule has 0 aliphatic carbocycles. The number of hydrogen-bond donors (Lipinski definition) is 1. The van der Waals surface area contributed by atoms with E-state index in [-0.39, 0.29) is 0 Å². The molecule has 0 fully saturated rings. The smallest absolute Gasteiger partial charge is 0.223 e. The molecule has 0 spiro atoms. The lowest BCUT2D eigenvalue weighted by molar-refractivity contribution is 1.37. The lowest BCUT2D eigenvalue weighted by Gasteiger charge is -2.08. The van der Waals surface area contributed by atoms with Gasteiger partial charge in [-0.1, -0.05) is 59.3 Å². The Balaban J connectivity index is 2.36.